The number of hydrogen-bond donors (Lipinski definition) is 2. The Hall–Kier alpha value is -3.73. The van der Waals surface area contributed by atoms with Gasteiger partial charge in [0.1, 0.15) is 11.7 Å². The van der Waals surface area contributed by atoms with E-state index in [0.29, 0.717) is 42.6 Å². The molecular weight excluding hydrogens is 531 g/mol. The van der Waals surface area contributed by atoms with Gasteiger partial charge in [-0.2, -0.15) is 13.2 Å². The molecule has 0 aliphatic carbocycles. The van der Waals surface area contributed by atoms with Crippen molar-refractivity contribution in [1.29, 1.82) is 0 Å². The Morgan fingerprint density at radius 2 is 1.69 bits per heavy atom. The fraction of sp³-hybridized carbons (Fsp3) is 0.357. The number of carbonyl (C=O) groups excluding carboxylic acids is 2. The zero-order valence-electron chi connectivity index (χ0n) is 21.4. The minimum atomic E-state index is -4.44. The first-order valence-electron chi connectivity index (χ1n) is 12.5. The molecule has 7 nitrogen and oxygen atoms in total. The Kier molecular flexibility index (Phi) is 8.39. The predicted octanol–water partition coefficient (Wildman–Crippen LogP) is 5.69. The lowest BCUT2D eigenvalue weighted by atomic mass is 9.94. The summed E-state index contributed by atoms with van der Waals surface area (Å²) in [7, 11) is 0. The summed E-state index contributed by atoms with van der Waals surface area (Å²) < 4.78 is 38.9. The molecular formula is C28H28F3N3O4S. The lowest BCUT2D eigenvalue weighted by molar-refractivity contribution is -0.140. The Bertz CT molecular complexity index is 1350. The van der Waals surface area contributed by atoms with E-state index < -0.39 is 29.7 Å². The van der Waals surface area contributed by atoms with Crippen molar-refractivity contribution in [2.45, 2.75) is 44.8 Å². The van der Waals surface area contributed by atoms with Gasteiger partial charge in [-0.1, -0.05) is 44.2 Å². The van der Waals surface area contributed by atoms with Gasteiger partial charge in [0.2, 0.25) is 0 Å². The molecule has 1 fully saturated rings. The highest BCUT2D eigenvalue weighted by molar-refractivity contribution is 7.09. The van der Waals surface area contributed by atoms with Crippen LogP contribution in [0.5, 0.6) is 0 Å². The average Bonchev–Trinajstić information content (AvgIpc) is 3.41. The molecule has 2 N–H and O–H groups in total. The van der Waals surface area contributed by atoms with Crippen LogP contribution in [0.25, 0.3) is 11.1 Å². The molecule has 3 aromatic rings. The fourth-order valence-corrected chi connectivity index (χ4v) is 5.54. The molecule has 0 bridgehead atoms. The molecule has 2 heterocycles. The number of carbonyl (C=O) groups is 3. The van der Waals surface area contributed by atoms with Crippen molar-refractivity contribution in [3.8, 4) is 11.1 Å². The van der Waals surface area contributed by atoms with Crippen molar-refractivity contribution >= 4 is 29.1 Å². The topological polar surface area (TPSA) is 99.6 Å². The summed E-state index contributed by atoms with van der Waals surface area (Å²) in [6.45, 7) is 4.34. The smallest absolute Gasteiger partial charge is 0.416 e. The Morgan fingerprint density at radius 1 is 1.05 bits per heavy atom. The molecule has 0 spiro atoms. The third kappa shape index (κ3) is 6.47. The summed E-state index contributed by atoms with van der Waals surface area (Å²) in [6.07, 6.45) is -3.17. The molecule has 1 aliphatic rings. The van der Waals surface area contributed by atoms with Gasteiger partial charge < -0.3 is 15.3 Å². The summed E-state index contributed by atoms with van der Waals surface area (Å²) in [4.78, 5) is 43.5. The zero-order chi connectivity index (χ0) is 28.3. The zero-order valence-corrected chi connectivity index (χ0v) is 22.2. The summed E-state index contributed by atoms with van der Waals surface area (Å²) >= 11 is 1.33. The number of nitrogens with zero attached hydrogens (tertiary/aromatic N) is 2. The van der Waals surface area contributed by atoms with Gasteiger partial charge in [0.15, 0.2) is 0 Å². The van der Waals surface area contributed by atoms with Gasteiger partial charge in [0.25, 0.3) is 11.8 Å². The monoisotopic (exact) mass is 559 g/mol. The van der Waals surface area contributed by atoms with E-state index in [0.717, 1.165) is 17.1 Å². The van der Waals surface area contributed by atoms with Crippen LogP contribution in [0, 0.1) is 5.92 Å². The lowest BCUT2D eigenvalue weighted by Gasteiger charge is -2.31. The van der Waals surface area contributed by atoms with Crippen LogP contribution >= 0.6 is 11.3 Å². The molecule has 1 atom stereocenters. The van der Waals surface area contributed by atoms with Crippen molar-refractivity contribution in [2.24, 2.45) is 5.92 Å². The molecule has 1 saturated heterocycles. The highest BCUT2D eigenvalue weighted by Crippen LogP contribution is 2.34. The molecule has 1 aromatic heterocycles. The number of nitrogens with one attached hydrogen (secondary N) is 1. The molecule has 0 saturated carbocycles. The van der Waals surface area contributed by atoms with Crippen LogP contribution in [-0.2, 0) is 11.0 Å². The van der Waals surface area contributed by atoms with E-state index in [1.165, 1.54) is 23.5 Å². The number of hydrogen-bond acceptors (Lipinski definition) is 5. The van der Waals surface area contributed by atoms with Crippen LogP contribution in [0.15, 0.2) is 53.9 Å². The van der Waals surface area contributed by atoms with Crippen LogP contribution in [0.3, 0.4) is 0 Å². The molecule has 1 aliphatic heterocycles. The first kappa shape index (κ1) is 28.3. The standard InChI is InChI=1S/C28H28F3N3O4S/c1-16(2)23(27(37)38)33-24(35)22-15-39-25(32-22)18-11-13-34(14-12-18)26(36)21-6-4-3-5-20(21)17-7-9-19(10-8-17)28(29,30)31/h3-10,15-16,18,23H,11-14H2,1-2H3,(H,33,35)(H,37,38)/t23-/m1/s1. The van der Waals surface area contributed by atoms with Gasteiger partial charge in [0, 0.05) is 30.0 Å². The Balaban J connectivity index is 1.41. The second kappa shape index (κ2) is 11.6. The van der Waals surface area contributed by atoms with Gasteiger partial charge in [-0.15, -0.1) is 11.3 Å². The highest BCUT2D eigenvalue weighted by atomic mass is 32.1. The van der Waals surface area contributed by atoms with E-state index in [9.17, 15) is 32.7 Å². The van der Waals surface area contributed by atoms with Gasteiger partial charge in [-0.3, -0.25) is 9.59 Å². The third-order valence-electron chi connectivity index (χ3n) is 6.79. The SMILES string of the molecule is CC(C)[C@@H](NC(=O)c1csc(C2CCN(C(=O)c3ccccc3-c3ccc(C(F)(F)F)cc3)CC2)n1)C(=O)O. The number of alkyl halides is 3. The summed E-state index contributed by atoms with van der Waals surface area (Å²) in [6, 6.07) is 10.6. The quantitative estimate of drug-likeness (QED) is 0.388. The lowest BCUT2D eigenvalue weighted by Crippen LogP contribution is -2.44. The second-order valence-electron chi connectivity index (χ2n) is 9.79. The number of halogens is 3. The number of rotatable bonds is 7. The van der Waals surface area contributed by atoms with Crippen LogP contribution in [0.2, 0.25) is 0 Å². The summed E-state index contributed by atoms with van der Waals surface area (Å²) in [5, 5.41) is 14.2. The number of aliphatic carboxylic acids is 1. The van der Waals surface area contributed by atoms with Gasteiger partial charge in [0.05, 0.1) is 10.6 Å². The van der Waals surface area contributed by atoms with Gasteiger partial charge >= 0.3 is 12.1 Å². The van der Waals surface area contributed by atoms with E-state index in [-0.39, 0.29) is 23.4 Å². The molecule has 2 amide bonds. The number of carboxylic acid groups (broad SMARTS) is 1. The second-order valence-corrected chi connectivity index (χ2v) is 10.7. The van der Waals surface area contributed by atoms with E-state index in [4.69, 9.17) is 0 Å². The summed E-state index contributed by atoms with van der Waals surface area (Å²) in [5.74, 6) is -2.07. The molecule has 206 valence electrons. The number of amides is 2. The van der Waals surface area contributed by atoms with Gasteiger partial charge in [-0.25, -0.2) is 9.78 Å². The number of benzene rings is 2. The van der Waals surface area contributed by atoms with Crippen molar-refractivity contribution in [1.82, 2.24) is 15.2 Å². The third-order valence-corrected chi connectivity index (χ3v) is 7.79. The van der Waals surface area contributed by atoms with Gasteiger partial charge in [-0.05, 0) is 48.1 Å². The largest absolute Gasteiger partial charge is 0.480 e. The fourth-order valence-electron chi connectivity index (χ4n) is 4.57. The molecule has 2 aromatic carbocycles. The number of piperidine rings is 1. The predicted molar refractivity (Wildman–Crippen MR) is 141 cm³/mol. The molecule has 4 rings (SSSR count). The maximum Gasteiger partial charge on any atom is 0.416 e. The van der Waals surface area contributed by atoms with Crippen molar-refractivity contribution in [2.75, 3.05) is 13.1 Å². The molecule has 0 unspecified atom stereocenters. The Labute approximate surface area is 227 Å². The van der Waals surface area contributed by atoms with E-state index in [1.54, 1.807) is 48.4 Å². The minimum Gasteiger partial charge on any atom is -0.480 e. The molecule has 11 heteroatoms. The number of likely N-dealkylation sites (tertiary alicyclic amines) is 1. The number of carboxylic acids is 1. The minimum absolute atomic E-state index is 0.0473. The molecule has 39 heavy (non-hydrogen) atoms. The van der Waals surface area contributed by atoms with Crippen molar-refractivity contribution < 1.29 is 32.7 Å². The highest BCUT2D eigenvalue weighted by Gasteiger charge is 2.31. The normalized spacial score (nSPS) is 15.3. The van der Waals surface area contributed by atoms with E-state index >= 15 is 0 Å². The number of thiazole rings is 1. The molecule has 0 radical (unpaired) electrons. The first-order valence-corrected chi connectivity index (χ1v) is 13.4. The van der Waals surface area contributed by atoms with Crippen molar-refractivity contribution in [3.05, 3.63) is 75.7 Å². The van der Waals surface area contributed by atoms with Crippen molar-refractivity contribution in [3.63, 3.8) is 0 Å². The van der Waals surface area contributed by atoms with Crippen LogP contribution in [0.4, 0.5) is 13.2 Å². The maximum atomic E-state index is 13.4. The maximum absolute atomic E-state index is 13.4. The summed E-state index contributed by atoms with van der Waals surface area (Å²) in [5.41, 5.74) is 0.933. The van der Waals surface area contributed by atoms with Crippen LogP contribution in [0.1, 0.15) is 64.0 Å². The first-order chi connectivity index (χ1) is 18.5. The van der Waals surface area contributed by atoms with E-state index in [1.807, 2.05) is 0 Å². The average molecular weight is 560 g/mol. The Morgan fingerprint density at radius 3 is 2.28 bits per heavy atom. The van der Waals surface area contributed by atoms with E-state index in [2.05, 4.69) is 10.3 Å². The number of aromatic nitrogens is 1. The van der Waals surface area contributed by atoms with Crippen LogP contribution in [-0.4, -0.2) is 51.9 Å². The van der Waals surface area contributed by atoms with Crippen LogP contribution < -0.4 is 5.32 Å².